The van der Waals surface area contributed by atoms with E-state index in [1.165, 1.54) is 16.7 Å². The predicted octanol–water partition coefficient (Wildman–Crippen LogP) is 7.17. The van der Waals surface area contributed by atoms with E-state index in [-0.39, 0.29) is 12.1 Å². The average molecular weight is 653 g/mol. The average Bonchev–Trinajstić information content (AvgIpc) is 3.10. The van der Waals surface area contributed by atoms with Crippen LogP contribution in [0.3, 0.4) is 0 Å². The second-order valence-electron chi connectivity index (χ2n) is 12.8. The third-order valence-electron chi connectivity index (χ3n) is 10.2. The number of ether oxygens (including phenoxy) is 7. The lowest BCUT2D eigenvalue weighted by molar-refractivity contribution is 0.218. The highest BCUT2D eigenvalue weighted by atomic mass is 16.6. The van der Waals surface area contributed by atoms with Crippen LogP contribution in [0.1, 0.15) is 45.5 Å². The van der Waals surface area contributed by atoms with Crippen LogP contribution in [0.2, 0.25) is 0 Å². The summed E-state index contributed by atoms with van der Waals surface area (Å²) in [5.74, 6) is 5.63. The van der Waals surface area contributed by atoms with Crippen molar-refractivity contribution >= 4 is 0 Å². The van der Waals surface area contributed by atoms with Gasteiger partial charge in [-0.2, -0.15) is 0 Å². The van der Waals surface area contributed by atoms with E-state index in [0.717, 1.165) is 49.0 Å². The van der Waals surface area contributed by atoms with Crippen LogP contribution in [-0.4, -0.2) is 72.5 Å². The van der Waals surface area contributed by atoms with Gasteiger partial charge in [-0.25, -0.2) is 0 Å². The van der Waals surface area contributed by atoms with Gasteiger partial charge >= 0.3 is 0 Å². The summed E-state index contributed by atoms with van der Waals surface area (Å²) in [7, 11) is 12.7. The molecule has 8 rings (SSSR count). The molecule has 6 bridgehead atoms. The molecule has 4 aliphatic rings. The smallest absolute Gasteiger partial charge is 0.211 e. The first-order valence-corrected chi connectivity index (χ1v) is 16.4. The van der Waals surface area contributed by atoms with Gasteiger partial charge in [0.25, 0.3) is 0 Å². The van der Waals surface area contributed by atoms with E-state index in [1.807, 2.05) is 18.2 Å². The van der Waals surface area contributed by atoms with E-state index in [1.54, 1.807) is 35.5 Å². The van der Waals surface area contributed by atoms with Crippen LogP contribution in [0, 0.1) is 0 Å². The zero-order chi connectivity index (χ0) is 33.5. The summed E-state index contributed by atoms with van der Waals surface area (Å²) in [5, 5.41) is 0. The molecule has 0 aliphatic carbocycles. The maximum Gasteiger partial charge on any atom is 0.211 e. The van der Waals surface area contributed by atoms with Crippen molar-refractivity contribution in [3.8, 4) is 51.7 Å². The molecule has 0 saturated heterocycles. The first-order valence-electron chi connectivity index (χ1n) is 16.4. The Morgan fingerprint density at radius 1 is 0.583 bits per heavy atom. The van der Waals surface area contributed by atoms with Crippen molar-refractivity contribution in [2.45, 2.75) is 37.8 Å². The van der Waals surface area contributed by atoms with Crippen LogP contribution < -0.4 is 33.2 Å². The molecule has 0 spiro atoms. The van der Waals surface area contributed by atoms with Crippen LogP contribution in [0.25, 0.3) is 0 Å². The number of rotatable bonds is 5. The molecule has 0 radical (unpaired) electrons. The van der Waals surface area contributed by atoms with Gasteiger partial charge < -0.3 is 33.2 Å². The normalized spacial score (nSPS) is 18.8. The highest BCUT2D eigenvalue weighted by molar-refractivity contribution is 5.64. The van der Waals surface area contributed by atoms with E-state index in [4.69, 9.17) is 33.2 Å². The maximum absolute atomic E-state index is 7.05. The van der Waals surface area contributed by atoms with Crippen LogP contribution in [0.4, 0.5) is 0 Å². The van der Waals surface area contributed by atoms with Crippen LogP contribution >= 0.6 is 0 Å². The Morgan fingerprint density at radius 3 is 1.94 bits per heavy atom. The minimum absolute atomic E-state index is 0.0839. The summed E-state index contributed by atoms with van der Waals surface area (Å²) in [6.07, 6.45) is 3.20. The lowest BCUT2D eigenvalue weighted by Gasteiger charge is -2.37. The van der Waals surface area contributed by atoms with Gasteiger partial charge in [0.1, 0.15) is 5.75 Å². The van der Waals surface area contributed by atoms with Gasteiger partial charge in [-0.15, -0.1) is 0 Å². The minimum Gasteiger partial charge on any atom is -0.493 e. The molecule has 252 valence electrons. The van der Waals surface area contributed by atoms with Crippen molar-refractivity contribution in [1.82, 2.24) is 9.80 Å². The summed E-state index contributed by atoms with van der Waals surface area (Å²) in [6.45, 7) is 1.81. The third kappa shape index (κ3) is 5.54. The zero-order valence-corrected chi connectivity index (χ0v) is 28.8. The Hall–Kier alpha value is -4.60. The van der Waals surface area contributed by atoms with E-state index in [0.29, 0.717) is 58.2 Å². The number of benzene rings is 4. The molecule has 2 atom stereocenters. The molecular formula is C39H44N2O7. The summed E-state index contributed by atoms with van der Waals surface area (Å²) >= 11 is 0. The number of hydrogen-bond donors (Lipinski definition) is 0. The first-order chi connectivity index (χ1) is 23.4. The molecule has 0 fully saturated rings. The van der Waals surface area contributed by atoms with Crippen molar-refractivity contribution in [3.63, 3.8) is 0 Å². The largest absolute Gasteiger partial charge is 0.493 e. The topological polar surface area (TPSA) is 71.1 Å². The molecule has 0 unspecified atom stereocenters. The molecule has 4 aromatic carbocycles. The molecule has 4 aliphatic heterocycles. The van der Waals surface area contributed by atoms with Crippen molar-refractivity contribution in [3.05, 3.63) is 88.0 Å². The third-order valence-corrected chi connectivity index (χ3v) is 10.2. The molecule has 4 aromatic rings. The number of likely N-dealkylation sites (N-methyl/N-ethyl adjacent to an activating group) is 2. The zero-order valence-electron chi connectivity index (χ0n) is 28.8. The van der Waals surface area contributed by atoms with Gasteiger partial charge in [0, 0.05) is 36.3 Å². The van der Waals surface area contributed by atoms with Crippen LogP contribution in [0.15, 0.2) is 54.6 Å². The number of nitrogens with zero attached hydrogens (tertiary/aromatic N) is 2. The van der Waals surface area contributed by atoms with Crippen LogP contribution in [0.5, 0.6) is 51.7 Å². The molecule has 48 heavy (non-hydrogen) atoms. The fourth-order valence-corrected chi connectivity index (χ4v) is 7.55. The monoisotopic (exact) mass is 652 g/mol. The number of hydrogen-bond acceptors (Lipinski definition) is 9. The highest BCUT2D eigenvalue weighted by Crippen LogP contribution is 2.53. The number of methoxy groups -OCH3 is 5. The Kier molecular flexibility index (Phi) is 8.74. The standard InChI is InChI=1S/C39H44N2O7/c1-40-16-14-24-20-32(43-4)33-22-28(24)29(40)18-23-8-11-27(12-9-23)47-38-31(42-3)13-10-26(36(38)45-6)19-30-35-25(15-17-41(30)2)21-34(44-5)37(46-7)39(35)48-33/h8-13,20-22,29-30H,14-19H2,1-7H3/t29-,30+/m0/s1. The van der Waals surface area contributed by atoms with Crippen molar-refractivity contribution in [1.29, 1.82) is 0 Å². The Labute approximate surface area is 282 Å². The molecule has 0 amide bonds. The van der Waals surface area contributed by atoms with Gasteiger partial charge in [0.05, 0.1) is 35.5 Å². The fraction of sp³-hybridized carbons (Fsp3) is 0.385. The van der Waals surface area contributed by atoms with Gasteiger partial charge in [-0.3, -0.25) is 9.80 Å². The quantitative estimate of drug-likeness (QED) is 0.223. The molecule has 0 saturated carbocycles. The molecule has 9 nitrogen and oxygen atoms in total. The van der Waals surface area contributed by atoms with Crippen molar-refractivity contribution < 1.29 is 33.2 Å². The lowest BCUT2D eigenvalue weighted by Crippen LogP contribution is -2.34. The number of fused-ring (bicyclic) bond motifs is 2. The van der Waals surface area contributed by atoms with Gasteiger partial charge in [-0.05, 0) is 98.4 Å². The fourth-order valence-electron chi connectivity index (χ4n) is 7.55. The van der Waals surface area contributed by atoms with Gasteiger partial charge in [-0.1, -0.05) is 18.2 Å². The molecular weight excluding hydrogens is 608 g/mol. The van der Waals surface area contributed by atoms with E-state index < -0.39 is 0 Å². The Morgan fingerprint density at radius 2 is 1.25 bits per heavy atom. The van der Waals surface area contributed by atoms with E-state index in [2.05, 4.69) is 60.3 Å². The first kappa shape index (κ1) is 32.0. The maximum atomic E-state index is 7.05. The van der Waals surface area contributed by atoms with Crippen LogP contribution in [-0.2, 0) is 25.7 Å². The summed E-state index contributed by atoms with van der Waals surface area (Å²) in [4.78, 5) is 4.78. The Balaban J connectivity index is 1.49. The summed E-state index contributed by atoms with van der Waals surface area (Å²) in [5.41, 5.74) is 6.88. The minimum atomic E-state index is -0.0839. The van der Waals surface area contributed by atoms with E-state index >= 15 is 0 Å². The van der Waals surface area contributed by atoms with Gasteiger partial charge in [0.15, 0.2) is 34.5 Å². The summed E-state index contributed by atoms with van der Waals surface area (Å²) in [6, 6.07) is 18.8. The van der Waals surface area contributed by atoms with Crippen molar-refractivity contribution in [2.75, 3.05) is 62.7 Å². The SMILES string of the molecule is COc1cc2c3cc1Oc1c(OC)c(OC)cc4c1[C@@H](Cc1ccc(OC)c(c1OC)Oc1ccc(cc1)C[C@@H]3N(C)CC2)N(C)CC4. The van der Waals surface area contributed by atoms with E-state index in [9.17, 15) is 0 Å². The molecule has 4 heterocycles. The molecule has 0 aromatic heterocycles. The molecule has 0 N–H and O–H groups in total. The Bertz CT molecular complexity index is 1820. The highest BCUT2D eigenvalue weighted by Gasteiger charge is 2.35. The van der Waals surface area contributed by atoms with Gasteiger partial charge in [0.2, 0.25) is 11.5 Å². The summed E-state index contributed by atoms with van der Waals surface area (Å²) < 4.78 is 43.4. The van der Waals surface area contributed by atoms with Crippen molar-refractivity contribution in [2.24, 2.45) is 0 Å². The lowest BCUT2D eigenvalue weighted by atomic mass is 9.87. The second-order valence-corrected chi connectivity index (χ2v) is 12.8. The predicted molar refractivity (Wildman–Crippen MR) is 184 cm³/mol. The second kappa shape index (κ2) is 13.1. The molecule has 9 heteroatoms.